The summed E-state index contributed by atoms with van der Waals surface area (Å²) in [7, 11) is 1.59. The maximum absolute atomic E-state index is 12.3. The molecule has 8 heteroatoms. The van der Waals surface area contributed by atoms with Crippen LogP contribution in [0.15, 0.2) is 54.9 Å². The van der Waals surface area contributed by atoms with Gasteiger partial charge in [-0.05, 0) is 80.7 Å². The molecule has 0 fully saturated rings. The molecule has 3 rings (SSSR count). The molecule has 0 saturated heterocycles. The molecule has 1 aromatic heterocycles. The number of rotatable bonds is 6. The van der Waals surface area contributed by atoms with Crippen molar-refractivity contribution in [1.29, 1.82) is 0 Å². The molecular formula is C19H16Br2N2O4. The van der Waals surface area contributed by atoms with E-state index in [4.69, 9.17) is 13.9 Å². The van der Waals surface area contributed by atoms with Crippen LogP contribution in [0.25, 0.3) is 11.0 Å². The summed E-state index contributed by atoms with van der Waals surface area (Å²) in [5, 5.41) is 4.77. The molecule has 0 spiro atoms. The van der Waals surface area contributed by atoms with E-state index in [0.29, 0.717) is 17.9 Å². The van der Waals surface area contributed by atoms with Crippen LogP contribution in [0.1, 0.15) is 23.0 Å². The highest BCUT2D eigenvalue weighted by atomic mass is 79.9. The molecule has 0 atom stereocenters. The summed E-state index contributed by atoms with van der Waals surface area (Å²) in [5.41, 5.74) is 3.84. The van der Waals surface area contributed by atoms with Gasteiger partial charge in [0.1, 0.15) is 17.1 Å². The van der Waals surface area contributed by atoms with Crippen molar-refractivity contribution in [2.45, 2.75) is 6.92 Å². The van der Waals surface area contributed by atoms with E-state index in [0.717, 1.165) is 25.6 Å². The molecule has 140 valence electrons. The van der Waals surface area contributed by atoms with Gasteiger partial charge < -0.3 is 13.9 Å². The van der Waals surface area contributed by atoms with Crippen LogP contribution >= 0.6 is 31.9 Å². The van der Waals surface area contributed by atoms with E-state index < -0.39 is 5.91 Å². The van der Waals surface area contributed by atoms with Gasteiger partial charge in [-0.15, -0.1) is 0 Å². The molecule has 27 heavy (non-hydrogen) atoms. The van der Waals surface area contributed by atoms with Gasteiger partial charge in [-0.3, -0.25) is 4.79 Å². The zero-order chi connectivity index (χ0) is 19.4. The summed E-state index contributed by atoms with van der Waals surface area (Å²) in [5.74, 6) is 1.15. The highest BCUT2D eigenvalue weighted by Gasteiger charge is 2.12. The predicted molar refractivity (Wildman–Crippen MR) is 111 cm³/mol. The summed E-state index contributed by atoms with van der Waals surface area (Å²) >= 11 is 6.85. The Hall–Kier alpha value is -2.32. The van der Waals surface area contributed by atoms with Crippen molar-refractivity contribution in [1.82, 2.24) is 5.43 Å². The lowest BCUT2D eigenvalue weighted by Crippen LogP contribution is -2.16. The molecule has 0 radical (unpaired) electrons. The predicted octanol–water partition coefficient (Wildman–Crippen LogP) is 5.13. The largest absolute Gasteiger partial charge is 0.494 e. The molecule has 0 aliphatic heterocycles. The van der Waals surface area contributed by atoms with Gasteiger partial charge in [0, 0.05) is 5.39 Å². The first kappa shape index (κ1) is 19.4. The van der Waals surface area contributed by atoms with Crippen molar-refractivity contribution in [2.24, 2.45) is 5.10 Å². The Kier molecular flexibility index (Phi) is 6.18. The van der Waals surface area contributed by atoms with Crippen LogP contribution in [0.5, 0.6) is 11.5 Å². The first-order chi connectivity index (χ1) is 13.0. The Morgan fingerprint density at radius 2 is 1.96 bits per heavy atom. The van der Waals surface area contributed by atoms with Crippen molar-refractivity contribution >= 4 is 55.0 Å². The van der Waals surface area contributed by atoms with Crippen LogP contribution in [-0.2, 0) is 0 Å². The number of nitrogens with zero attached hydrogens (tertiary/aromatic N) is 1. The first-order valence-electron chi connectivity index (χ1n) is 8.04. The standard InChI is InChI=1S/C19H16Br2N2O4/c1-3-26-13-4-5-16-12(8-13)9-17(27-16)19(24)23-22-10-11-6-14(20)18(25-2)15(21)7-11/h4-10H,3H2,1-2H3,(H,23,24)/b22-10+. The molecule has 0 aliphatic rings. The molecule has 3 aromatic rings. The Morgan fingerprint density at radius 1 is 1.22 bits per heavy atom. The Balaban J connectivity index is 1.72. The number of hydrogen-bond donors (Lipinski definition) is 1. The van der Waals surface area contributed by atoms with E-state index >= 15 is 0 Å². The summed E-state index contributed by atoms with van der Waals surface area (Å²) < 4.78 is 17.8. The second-order valence-electron chi connectivity index (χ2n) is 5.46. The lowest BCUT2D eigenvalue weighted by atomic mass is 10.2. The molecule has 2 aromatic carbocycles. The van der Waals surface area contributed by atoms with Gasteiger partial charge in [-0.1, -0.05) is 0 Å². The molecule has 1 amide bonds. The fourth-order valence-corrected chi connectivity index (χ4v) is 4.00. The molecule has 6 nitrogen and oxygen atoms in total. The number of fused-ring (bicyclic) bond motifs is 1. The topological polar surface area (TPSA) is 73.1 Å². The minimum Gasteiger partial charge on any atom is -0.494 e. The summed E-state index contributed by atoms with van der Waals surface area (Å²) in [4.78, 5) is 12.3. The number of halogens is 2. The lowest BCUT2D eigenvalue weighted by Gasteiger charge is -2.06. The average molecular weight is 496 g/mol. The highest BCUT2D eigenvalue weighted by molar-refractivity contribution is 9.11. The van der Waals surface area contributed by atoms with Gasteiger partial charge in [0.05, 0.1) is 28.9 Å². The number of nitrogens with one attached hydrogen (secondary N) is 1. The van der Waals surface area contributed by atoms with E-state index in [2.05, 4.69) is 42.4 Å². The van der Waals surface area contributed by atoms with Gasteiger partial charge in [0.25, 0.3) is 0 Å². The summed E-state index contributed by atoms with van der Waals surface area (Å²) in [6, 6.07) is 10.7. The van der Waals surface area contributed by atoms with Gasteiger partial charge in [0.2, 0.25) is 0 Å². The monoisotopic (exact) mass is 494 g/mol. The minimum atomic E-state index is -0.438. The average Bonchev–Trinajstić information content (AvgIpc) is 3.05. The number of methoxy groups -OCH3 is 1. The third kappa shape index (κ3) is 4.51. The van der Waals surface area contributed by atoms with Crippen molar-refractivity contribution in [3.63, 3.8) is 0 Å². The molecular weight excluding hydrogens is 480 g/mol. The maximum Gasteiger partial charge on any atom is 0.307 e. The van der Waals surface area contributed by atoms with E-state index in [1.54, 1.807) is 25.3 Å². The van der Waals surface area contributed by atoms with Crippen molar-refractivity contribution in [2.75, 3.05) is 13.7 Å². The van der Waals surface area contributed by atoms with Crippen LogP contribution in [0, 0.1) is 0 Å². The molecule has 0 aliphatic carbocycles. The normalized spacial score (nSPS) is 11.1. The number of hydrogen-bond acceptors (Lipinski definition) is 5. The molecule has 0 bridgehead atoms. The van der Waals surface area contributed by atoms with E-state index in [1.807, 2.05) is 25.1 Å². The number of furan rings is 1. The van der Waals surface area contributed by atoms with Crippen LogP contribution in [0.2, 0.25) is 0 Å². The molecule has 1 N–H and O–H groups in total. The van der Waals surface area contributed by atoms with Gasteiger partial charge in [-0.2, -0.15) is 5.10 Å². The van der Waals surface area contributed by atoms with E-state index in [1.165, 1.54) is 6.21 Å². The highest BCUT2D eigenvalue weighted by Crippen LogP contribution is 2.34. The van der Waals surface area contributed by atoms with Crippen LogP contribution < -0.4 is 14.9 Å². The van der Waals surface area contributed by atoms with Gasteiger partial charge in [-0.25, -0.2) is 5.43 Å². The number of benzene rings is 2. The maximum atomic E-state index is 12.3. The van der Waals surface area contributed by atoms with E-state index in [-0.39, 0.29) is 5.76 Å². The molecule has 1 heterocycles. The van der Waals surface area contributed by atoms with Crippen LogP contribution in [-0.4, -0.2) is 25.8 Å². The fourth-order valence-electron chi connectivity index (χ4n) is 2.46. The van der Waals surface area contributed by atoms with Crippen LogP contribution in [0.3, 0.4) is 0 Å². The number of carbonyl (C=O) groups is 1. The Morgan fingerprint density at radius 3 is 2.63 bits per heavy atom. The van der Waals surface area contributed by atoms with E-state index in [9.17, 15) is 4.79 Å². The number of carbonyl (C=O) groups excluding carboxylic acids is 1. The van der Waals surface area contributed by atoms with Gasteiger partial charge >= 0.3 is 5.91 Å². The molecule has 0 saturated carbocycles. The second-order valence-corrected chi connectivity index (χ2v) is 7.17. The number of hydrazone groups is 1. The lowest BCUT2D eigenvalue weighted by molar-refractivity contribution is 0.0929. The van der Waals surface area contributed by atoms with Crippen molar-refractivity contribution in [3.05, 3.63) is 56.7 Å². The smallest absolute Gasteiger partial charge is 0.307 e. The zero-order valence-corrected chi connectivity index (χ0v) is 17.8. The molecule has 0 unspecified atom stereocenters. The second kappa shape index (κ2) is 8.58. The SMILES string of the molecule is CCOc1ccc2oc(C(=O)N/N=C/c3cc(Br)c(OC)c(Br)c3)cc2c1. The number of ether oxygens (including phenoxy) is 2. The number of amides is 1. The third-order valence-electron chi connectivity index (χ3n) is 3.63. The fraction of sp³-hybridized carbons (Fsp3) is 0.158. The first-order valence-corrected chi connectivity index (χ1v) is 9.63. The quantitative estimate of drug-likeness (QED) is 0.380. The summed E-state index contributed by atoms with van der Waals surface area (Å²) in [6.07, 6.45) is 1.53. The Bertz CT molecular complexity index is 991. The zero-order valence-electron chi connectivity index (χ0n) is 14.6. The van der Waals surface area contributed by atoms with Crippen molar-refractivity contribution in [3.8, 4) is 11.5 Å². The van der Waals surface area contributed by atoms with Crippen LogP contribution in [0.4, 0.5) is 0 Å². The third-order valence-corrected chi connectivity index (χ3v) is 4.81. The van der Waals surface area contributed by atoms with Gasteiger partial charge in [0.15, 0.2) is 5.76 Å². The Labute approximate surface area is 172 Å². The summed E-state index contributed by atoms with van der Waals surface area (Å²) in [6.45, 7) is 2.49. The van der Waals surface area contributed by atoms with Crippen molar-refractivity contribution < 1.29 is 18.7 Å². The minimum absolute atomic E-state index is 0.174.